The first-order valence-corrected chi connectivity index (χ1v) is 8.58. The Morgan fingerprint density at radius 3 is 2.33 bits per heavy atom. The summed E-state index contributed by atoms with van der Waals surface area (Å²) in [5.41, 5.74) is 0. The van der Waals surface area contributed by atoms with Gasteiger partial charge in [0, 0.05) is 11.8 Å². The number of carbonyl (C=O) groups is 3. The first kappa shape index (κ1) is 14.8. The Hall–Kier alpha value is -1.17. The Kier molecular flexibility index (Phi) is 4.15. The molecule has 1 heterocycles. The summed E-state index contributed by atoms with van der Waals surface area (Å²) in [6, 6.07) is 0. The Balaban J connectivity index is 1.56. The van der Waals surface area contributed by atoms with E-state index in [4.69, 9.17) is 4.84 Å². The zero-order chi connectivity index (χ0) is 15.0. The first-order valence-electron chi connectivity index (χ1n) is 7.46. The maximum atomic E-state index is 12.3. The number of amides is 2. The van der Waals surface area contributed by atoms with Gasteiger partial charge in [0.25, 0.3) is 11.8 Å². The molecule has 21 heavy (non-hydrogen) atoms. The number of allylic oxidation sites excluding steroid dienone is 2. The molecule has 0 aromatic heterocycles. The molecule has 114 valence electrons. The van der Waals surface area contributed by atoms with Crippen LogP contribution in [0.4, 0.5) is 0 Å². The monoisotopic (exact) mass is 355 g/mol. The molecule has 0 N–H and O–H groups in total. The lowest BCUT2D eigenvalue weighted by atomic mass is 9.85. The number of carbonyl (C=O) groups excluding carboxylic acids is 3. The van der Waals surface area contributed by atoms with Crippen LogP contribution in [0.25, 0.3) is 0 Å². The number of hydrogen-bond acceptors (Lipinski definition) is 4. The van der Waals surface area contributed by atoms with Crippen molar-refractivity contribution < 1.29 is 19.2 Å². The molecule has 2 bridgehead atoms. The highest BCUT2D eigenvalue weighted by Gasteiger charge is 2.60. The summed E-state index contributed by atoms with van der Waals surface area (Å²) in [5, 5.41) is 1.64. The highest BCUT2D eigenvalue weighted by atomic mass is 79.9. The smallest absolute Gasteiger partial charge is 0.330 e. The zero-order valence-corrected chi connectivity index (χ0v) is 13.3. The van der Waals surface area contributed by atoms with Crippen molar-refractivity contribution in [1.82, 2.24) is 5.06 Å². The molecule has 2 aliphatic carbocycles. The molecule has 4 unspecified atom stereocenters. The van der Waals surface area contributed by atoms with E-state index in [0.717, 1.165) is 29.7 Å². The molecule has 0 radical (unpaired) electrons. The minimum absolute atomic E-state index is 0.138. The molecule has 2 amide bonds. The van der Waals surface area contributed by atoms with Gasteiger partial charge in [-0.05, 0) is 31.1 Å². The summed E-state index contributed by atoms with van der Waals surface area (Å²) >= 11 is 3.33. The van der Waals surface area contributed by atoms with Crippen LogP contribution in [0.1, 0.15) is 32.1 Å². The van der Waals surface area contributed by atoms with Gasteiger partial charge >= 0.3 is 5.97 Å². The van der Waals surface area contributed by atoms with Gasteiger partial charge in [-0.2, -0.15) is 0 Å². The van der Waals surface area contributed by atoms with Crippen molar-refractivity contribution in [3.05, 3.63) is 12.2 Å². The topological polar surface area (TPSA) is 63.7 Å². The van der Waals surface area contributed by atoms with E-state index < -0.39 is 5.97 Å². The van der Waals surface area contributed by atoms with Crippen LogP contribution in [0.2, 0.25) is 0 Å². The summed E-state index contributed by atoms with van der Waals surface area (Å²) in [7, 11) is 0. The van der Waals surface area contributed by atoms with Crippen molar-refractivity contribution >= 4 is 33.7 Å². The van der Waals surface area contributed by atoms with E-state index in [1.54, 1.807) is 0 Å². The third-order valence-electron chi connectivity index (χ3n) is 4.64. The molecule has 5 nitrogen and oxygen atoms in total. The van der Waals surface area contributed by atoms with Gasteiger partial charge in [-0.1, -0.05) is 34.5 Å². The number of rotatable bonds is 6. The van der Waals surface area contributed by atoms with Crippen LogP contribution in [0, 0.1) is 23.7 Å². The van der Waals surface area contributed by atoms with Gasteiger partial charge in [0.1, 0.15) is 0 Å². The molecule has 2 fully saturated rings. The van der Waals surface area contributed by atoms with Crippen molar-refractivity contribution in [2.75, 3.05) is 5.33 Å². The zero-order valence-electron chi connectivity index (χ0n) is 11.7. The van der Waals surface area contributed by atoms with Gasteiger partial charge in [-0.25, -0.2) is 4.79 Å². The molecule has 1 saturated carbocycles. The molecule has 1 saturated heterocycles. The number of hydroxylamine groups is 2. The summed E-state index contributed by atoms with van der Waals surface area (Å²) in [6.07, 6.45) is 7.77. The van der Waals surface area contributed by atoms with Crippen molar-refractivity contribution in [2.45, 2.75) is 32.1 Å². The van der Waals surface area contributed by atoms with Crippen LogP contribution in [0.15, 0.2) is 12.2 Å². The predicted octanol–water partition coefficient (Wildman–Crippen LogP) is 2.21. The van der Waals surface area contributed by atoms with Crippen LogP contribution in [0.5, 0.6) is 0 Å². The van der Waals surface area contributed by atoms with E-state index in [1.165, 1.54) is 0 Å². The van der Waals surface area contributed by atoms with E-state index in [0.29, 0.717) is 6.42 Å². The number of nitrogens with zero attached hydrogens (tertiary/aromatic N) is 1. The summed E-state index contributed by atoms with van der Waals surface area (Å²) < 4.78 is 0. The number of alkyl halides is 1. The van der Waals surface area contributed by atoms with Gasteiger partial charge in [-0.15, -0.1) is 5.06 Å². The van der Waals surface area contributed by atoms with Gasteiger partial charge < -0.3 is 4.84 Å². The van der Waals surface area contributed by atoms with Crippen molar-refractivity contribution in [3.8, 4) is 0 Å². The summed E-state index contributed by atoms with van der Waals surface area (Å²) in [5.74, 6) is -1.52. The average Bonchev–Trinajstić information content (AvgIpc) is 3.13. The second-order valence-electron chi connectivity index (χ2n) is 5.93. The standard InChI is InChI=1S/C15H18BrNO4/c16-7-3-1-2-4-11(18)21-17-14(19)12-9-5-6-10(8-9)13(12)15(17)20/h5-6,9-10,12-13H,1-4,7-8H2. The van der Waals surface area contributed by atoms with E-state index in [2.05, 4.69) is 15.9 Å². The molecule has 0 spiro atoms. The van der Waals surface area contributed by atoms with E-state index in [1.807, 2.05) is 12.2 Å². The highest BCUT2D eigenvalue weighted by Crippen LogP contribution is 2.52. The minimum Gasteiger partial charge on any atom is -0.330 e. The Labute approximate surface area is 131 Å². The highest BCUT2D eigenvalue weighted by molar-refractivity contribution is 9.09. The lowest BCUT2D eigenvalue weighted by molar-refractivity contribution is -0.199. The lowest BCUT2D eigenvalue weighted by Crippen LogP contribution is -2.35. The molecule has 6 heteroatoms. The molecule has 3 aliphatic rings. The quantitative estimate of drug-likeness (QED) is 0.317. The predicted molar refractivity (Wildman–Crippen MR) is 77.9 cm³/mol. The SMILES string of the molecule is O=C(CCCCCBr)ON1C(=O)C2C3C=CC(C3)C2C1=O. The number of imide groups is 1. The maximum absolute atomic E-state index is 12.3. The normalized spacial score (nSPS) is 32.9. The van der Waals surface area contributed by atoms with Crippen LogP contribution >= 0.6 is 15.9 Å². The molecule has 3 rings (SSSR count). The van der Waals surface area contributed by atoms with Gasteiger partial charge in [-0.3, -0.25) is 9.59 Å². The lowest BCUT2D eigenvalue weighted by Gasteiger charge is -2.15. The molecule has 0 aromatic rings. The number of halogens is 1. The van der Waals surface area contributed by atoms with Gasteiger partial charge in [0.05, 0.1) is 11.8 Å². The fourth-order valence-electron chi connectivity index (χ4n) is 3.65. The average molecular weight is 356 g/mol. The van der Waals surface area contributed by atoms with Crippen LogP contribution in [-0.2, 0) is 19.2 Å². The molecular weight excluding hydrogens is 338 g/mol. The Morgan fingerprint density at radius 1 is 1.14 bits per heavy atom. The van der Waals surface area contributed by atoms with E-state index in [9.17, 15) is 14.4 Å². The van der Waals surface area contributed by atoms with Crippen LogP contribution in [-0.4, -0.2) is 28.2 Å². The Bertz CT molecular complexity index is 474. The van der Waals surface area contributed by atoms with Crippen LogP contribution < -0.4 is 0 Å². The summed E-state index contributed by atoms with van der Waals surface area (Å²) in [4.78, 5) is 41.4. The second-order valence-corrected chi connectivity index (χ2v) is 6.73. The molecule has 4 atom stereocenters. The maximum Gasteiger partial charge on any atom is 0.333 e. The molecule has 0 aromatic carbocycles. The fraction of sp³-hybridized carbons (Fsp3) is 0.667. The minimum atomic E-state index is -0.494. The first-order chi connectivity index (χ1) is 10.1. The largest absolute Gasteiger partial charge is 0.333 e. The van der Waals surface area contributed by atoms with Crippen molar-refractivity contribution in [2.24, 2.45) is 23.7 Å². The van der Waals surface area contributed by atoms with Crippen molar-refractivity contribution in [1.29, 1.82) is 0 Å². The third kappa shape index (κ3) is 2.54. The number of fused-ring (bicyclic) bond motifs is 5. The van der Waals surface area contributed by atoms with Gasteiger partial charge in [0.2, 0.25) is 0 Å². The van der Waals surface area contributed by atoms with Gasteiger partial charge in [0.15, 0.2) is 0 Å². The van der Waals surface area contributed by atoms with Crippen molar-refractivity contribution in [3.63, 3.8) is 0 Å². The van der Waals surface area contributed by atoms with Crippen LogP contribution in [0.3, 0.4) is 0 Å². The molecule has 1 aliphatic heterocycles. The second kappa shape index (κ2) is 5.91. The van der Waals surface area contributed by atoms with E-state index in [-0.39, 0.29) is 41.9 Å². The summed E-state index contributed by atoms with van der Waals surface area (Å²) in [6.45, 7) is 0. The fourth-order valence-corrected chi connectivity index (χ4v) is 4.05. The number of hydrogen-bond donors (Lipinski definition) is 0. The Morgan fingerprint density at radius 2 is 1.76 bits per heavy atom. The molecular formula is C15H18BrNO4. The number of unbranched alkanes of at least 4 members (excludes halogenated alkanes) is 2. The van der Waals surface area contributed by atoms with E-state index >= 15 is 0 Å². The third-order valence-corrected chi connectivity index (χ3v) is 5.20.